The molecule has 0 saturated carbocycles. The van der Waals surface area contributed by atoms with Crippen LogP contribution in [0.25, 0.3) is 6.08 Å². The summed E-state index contributed by atoms with van der Waals surface area (Å²) in [5.74, 6) is 0.370. The van der Waals surface area contributed by atoms with Crippen LogP contribution in [0, 0.1) is 6.92 Å². The van der Waals surface area contributed by atoms with Crippen LogP contribution in [0.2, 0.25) is 0 Å². The Morgan fingerprint density at radius 2 is 1.80 bits per heavy atom. The minimum Gasteiger partial charge on any atom is -0.497 e. The number of carbonyl (C=O) groups is 2. The number of ether oxygens (including phenoxy) is 1. The zero-order valence-electron chi connectivity index (χ0n) is 20.2. The maximum absolute atomic E-state index is 12.9. The topological polar surface area (TPSA) is 61.9 Å². The van der Waals surface area contributed by atoms with Crippen LogP contribution in [0.1, 0.15) is 42.0 Å². The highest BCUT2D eigenvalue weighted by molar-refractivity contribution is 8.26. The SMILES string of the molecule is COc1ccc(C(CNC(=O)CN2C(=O)/C(=C/c3ccc(C)cc3)SC2=S)N2CCCCC2)cc1. The number of thiocarbonyl (C=S) groups is 1. The molecule has 2 amide bonds. The fraction of sp³-hybridized carbons (Fsp3) is 0.370. The second kappa shape index (κ2) is 11.8. The first-order valence-corrected chi connectivity index (χ1v) is 13.1. The van der Waals surface area contributed by atoms with E-state index < -0.39 is 0 Å². The van der Waals surface area contributed by atoms with Gasteiger partial charge in [-0.05, 0) is 62.2 Å². The molecule has 184 valence electrons. The fourth-order valence-corrected chi connectivity index (χ4v) is 5.63. The maximum Gasteiger partial charge on any atom is 0.266 e. The van der Waals surface area contributed by atoms with Gasteiger partial charge < -0.3 is 10.1 Å². The Hall–Kier alpha value is -2.68. The molecule has 1 atom stereocenters. The highest BCUT2D eigenvalue weighted by Crippen LogP contribution is 2.32. The summed E-state index contributed by atoms with van der Waals surface area (Å²) in [6, 6.07) is 16.0. The van der Waals surface area contributed by atoms with Crippen molar-refractivity contribution in [3.8, 4) is 5.75 Å². The van der Waals surface area contributed by atoms with E-state index in [1.807, 2.05) is 49.4 Å². The van der Waals surface area contributed by atoms with Gasteiger partial charge in [0.05, 0.1) is 18.1 Å². The molecule has 2 aliphatic rings. The standard InChI is InChI=1S/C27H31N3O3S2/c1-19-6-8-20(9-7-19)16-24-26(32)30(27(34)35-24)18-25(31)28-17-23(29-14-4-3-5-15-29)21-10-12-22(33-2)13-11-21/h6-13,16,23H,3-5,14-15,17-18H2,1-2H3,(H,28,31)/b24-16-. The van der Waals surface area contributed by atoms with E-state index in [9.17, 15) is 9.59 Å². The molecule has 2 heterocycles. The molecule has 2 fully saturated rings. The lowest BCUT2D eigenvalue weighted by Crippen LogP contribution is -2.44. The van der Waals surface area contributed by atoms with Crippen LogP contribution in [-0.4, -0.2) is 59.2 Å². The van der Waals surface area contributed by atoms with Crippen LogP contribution in [-0.2, 0) is 9.59 Å². The zero-order chi connectivity index (χ0) is 24.8. The monoisotopic (exact) mass is 509 g/mol. The predicted molar refractivity (Wildman–Crippen MR) is 145 cm³/mol. The smallest absolute Gasteiger partial charge is 0.266 e. The van der Waals surface area contributed by atoms with Crippen molar-refractivity contribution < 1.29 is 14.3 Å². The number of benzene rings is 2. The lowest BCUT2D eigenvalue weighted by atomic mass is 10.0. The number of piperidine rings is 1. The Bertz CT molecular complexity index is 1090. The van der Waals surface area contributed by atoms with E-state index in [0.717, 1.165) is 48.4 Å². The van der Waals surface area contributed by atoms with Gasteiger partial charge in [-0.25, -0.2) is 0 Å². The number of methoxy groups -OCH3 is 1. The lowest BCUT2D eigenvalue weighted by Gasteiger charge is -2.35. The van der Waals surface area contributed by atoms with Crippen molar-refractivity contribution in [3.63, 3.8) is 0 Å². The van der Waals surface area contributed by atoms with E-state index in [4.69, 9.17) is 17.0 Å². The average Bonchev–Trinajstić information content (AvgIpc) is 3.13. The molecule has 2 aliphatic heterocycles. The predicted octanol–water partition coefficient (Wildman–Crippen LogP) is 4.55. The minimum absolute atomic E-state index is 0.0674. The summed E-state index contributed by atoms with van der Waals surface area (Å²) in [6.07, 6.45) is 5.38. The first-order chi connectivity index (χ1) is 16.9. The summed E-state index contributed by atoms with van der Waals surface area (Å²) in [4.78, 5) is 30.2. The molecule has 0 aliphatic carbocycles. The molecule has 4 rings (SSSR count). The van der Waals surface area contributed by atoms with Crippen LogP contribution in [0.4, 0.5) is 0 Å². The van der Waals surface area contributed by atoms with E-state index in [1.165, 1.54) is 23.1 Å². The van der Waals surface area contributed by atoms with E-state index in [-0.39, 0.29) is 24.4 Å². The van der Waals surface area contributed by atoms with E-state index in [0.29, 0.717) is 15.8 Å². The van der Waals surface area contributed by atoms with Gasteiger partial charge in [0.1, 0.15) is 16.6 Å². The lowest BCUT2D eigenvalue weighted by molar-refractivity contribution is -0.128. The van der Waals surface area contributed by atoms with Gasteiger partial charge in [0.2, 0.25) is 5.91 Å². The van der Waals surface area contributed by atoms with Crippen molar-refractivity contribution in [2.45, 2.75) is 32.2 Å². The van der Waals surface area contributed by atoms with Gasteiger partial charge in [0, 0.05) is 6.54 Å². The largest absolute Gasteiger partial charge is 0.497 e. The number of likely N-dealkylation sites (tertiary alicyclic amines) is 1. The van der Waals surface area contributed by atoms with Crippen molar-refractivity contribution in [1.82, 2.24) is 15.1 Å². The molecule has 0 bridgehead atoms. The Morgan fingerprint density at radius 1 is 1.11 bits per heavy atom. The van der Waals surface area contributed by atoms with Crippen LogP contribution >= 0.6 is 24.0 Å². The second-order valence-corrected chi connectivity index (χ2v) is 10.5. The summed E-state index contributed by atoms with van der Waals surface area (Å²) in [5.41, 5.74) is 3.23. The molecule has 35 heavy (non-hydrogen) atoms. The average molecular weight is 510 g/mol. The molecule has 0 spiro atoms. The van der Waals surface area contributed by atoms with Gasteiger partial charge in [-0.1, -0.05) is 72.4 Å². The molecule has 0 radical (unpaired) electrons. The molecule has 0 aromatic heterocycles. The normalized spacial score (nSPS) is 18.7. The number of nitrogens with zero attached hydrogens (tertiary/aromatic N) is 2. The summed E-state index contributed by atoms with van der Waals surface area (Å²) < 4.78 is 5.71. The zero-order valence-corrected chi connectivity index (χ0v) is 21.8. The van der Waals surface area contributed by atoms with Crippen LogP contribution in [0.15, 0.2) is 53.4 Å². The molecule has 2 aromatic rings. The molecular weight excluding hydrogens is 478 g/mol. The summed E-state index contributed by atoms with van der Waals surface area (Å²) in [7, 11) is 1.65. The van der Waals surface area contributed by atoms with E-state index >= 15 is 0 Å². The molecule has 6 nitrogen and oxygen atoms in total. The molecule has 8 heteroatoms. The van der Waals surface area contributed by atoms with Gasteiger partial charge in [-0.2, -0.15) is 0 Å². The van der Waals surface area contributed by atoms with Crippen molar-refractivity contribution in [3.05, 3.63) is 70.1 Å². The second-order valence-electron chi connectivity index (χ2n) is 8.87. The minimum atomic E-state index is -0.224. The van der Waals surface area contributed by atoms with Gasteiger partial charge in [-0.3, -0.25) is 19.4 Å². The van der Waals surface area contributed by atoms with Crippen molar-refractivity contribution in [2.75, 3.05) is 33.3 Å². The number of hydrogen-bond donors (Lipinski definition) is 1. The first-order valence-electron chi connectivity index (χ1n) is 11.9. The molecular formula is C27H31N3O3S2. The fourth-order valence-electron chi connectivity index (χ4n) is 4.37. The van der Waals surface area contributed by atoms with Gasteiger partial charge in [0.15, 0.2) is 0 Å². The van der Waals surface area contributed by atoms with E-state index in [1.54, 1.807) is 7.11 Å². The molecule has 2 aromatic carbocycles. The van der Waals surface area contributed by atoms with Crippen molar-refractivity contribution in [1.29, 1.82) is 0 Å². The number of amides is 2. The number of nitrogens with one attached hydrogen (secondary N) is 1. The van der Waals surface area contributed by atoms with Gasteiger partial charge in [0.25, 0.3) is 5.91 Å². The summed E-state index contributed by atoms with van der Waals surface area (Å²) >= 11 is 6.65. The Labute approximate surface area is 216 Å². The number of carbonyl (C=O) groups excluding carboxylic acids is 2. The van der Waals surface area contributed by atoms with E-state index in [2.05, 4.69) is 22.3 Å². The van der Waals surface area contributed by atoms with Crippen molar-refractivity contribution >= 4 is 46.2 Å². The van der Waals surface area contributed by atoms with Crippen LogP contribution < -0.4 is 10.1 Å². The van der Waals surface area contributed by atoms with Gasteiger partial charge >= 0.3 is 0 Å². The van der Waals surface area contributed by atoms with Crippen molar-refractivity contribution in [2.24, 2.45) is 0 Å². The first kappa shape index (κ1) is 25.4. The number of rotatable bonds is 8. The highest BCUT2D eigenvalue weighted by atomic mass is 32.2. The maximum atomic E-state index is 12.9. The third-order valence-electron chi connectivity index (χ3n) is 6.38. The quantitative estimate of drug-likeness (QED) is 0.416. The van der Waals surface area contributed by atoms with Crippen LogP contribution in [0.5, 0.6) is 5.75 Å². The Balaban J connectivity index is 1.39. The summed E-state index contributed by atoms with van der Waals surface area (Å²) in [6.45, 7) is 4.42. The number of thioether (sulfide) groups is 1. The molecule has 1 N–H and O–H groups in total. The third kappa shape index (κ3) is 6.51. The Morgan fingerprint density at radius 3 is 2.46 bits per heavy atom. The Kier molecular flexibility index (Phi) is 8.59. The molecule has 2 saturated heterocycles. The number of aryl methyl sites for hydroxylation is 1. The molecule has 1 unspecified atom stereocenters. The summed E-state index contributed by atoms with van der Waals surface area (Å²) in [5, 5.41) is 3.05. The number of hydrogen-bond acceptors (Lipinski definition) is 6. The third-order valence-corrected chi connectivity index (χ3v) is 7.75. The van der Waals surface area contributed by atoms with Crippen LogP contribution in [0.3, 0.4) is 0 Å². The van der Waals surface area contributed by atoms with Gasteiger partial charge in [-0.15, -0.1) is 0 Å². The highest BCUT2D eigenvalue weighted by Gasteiger charge is 2.33.